The second kappa shape index (κ2) is 13.4. The van der Waals surface area contributed by atoms with E-state index >= 15 is 0 Å². The fraction of sp³-hybridized carbons (Fsp3) is 0.323. The molecule has 0 N–H and O–H groups in total. The number of rotatable bonds is 11. The molecule has 3 aromatic carbocycles. The average Bonchev–Trinajstić information content (AvgIpc) is 2.89. The molecule has 0 spiro atoms. The van der Waals surface area contributed by atoms with Crippen LogP contribution in [0.5, 0.6) is 0 Å². The first-order valence-corrected chi connectivity index (χ1v) is 12.5. The van der Waals surface area contributed by atoms with Gasteiger partial charge >= 0.3 is 17.9 Å². The molecule has 0 saturated carbocycles. The molecule has 6 heteroatoms. The Hall–Kier alpha value is -3.93. The van der Waals surface area contributed by atoms with Crippen molar-refractivity contribution in [2.24, 2.45) is 5.92 Å². The van der Waals surface area contributed by atoms with Gasteiger partial charge in [-0.3, -0.25) is 0 Å². The summed E-state index contributed by atoms with van der Waals surface area (Å²) in [5.74, 6) is -2.00. The molecule has 0 aliphatic carbocycles. The first-order valence-electron chi connectivity index (χ1n) is 12.5. The van der Waals surface area contributed by atoms with Crippen LogP contribution in [0.25, 0.3) is 0 Å². The zero-order valence-electron chi connectivity index (χ0n) is 21.9. The SMILES string of the molecule is CCCC(OC(=O)c1ccc(C)cc1)C(COC(=O)c1ccc(C)cc1)COC(=O)c1ccc(C)cc1. The van der Waals surface area contributed by atoms with Crippen LogP contribution in [0.3, 0.4) is 0 Å². The summed E-state index contributed by atoms with van der Waals surface area (Å²) >= 11 is 0. The number of carbonyl (C=O) groups is 3. The van der Waals surface area contributed by atoms with Crippen molar-refractivity contribution in [2.45, 2.75) is 46.6 Å². The standard InChI is InChI=1S/C31H34O6/c1-5-6-28(37-31(34)26-17-11-23(4)12-18-26)27(19-35-29(32)24-13-7-21(2)8-14-24)20-36-30(33)25-15-9-22(3)10-16-25/h7-18,27-28H,5-6,19-20H2,1-4H3. The number of hydrogen-bond donors (Lipinski definition) is 0. The van der Waals surface area contributed by atoms with Crippen LogP contribution in [0.2, 0.25) is 0 Å². The molecule has 1 atom stereocenters. The lowest BCUT2D eigenvalue weighted by Crippen LogP contribution is -2.35. The van der Waals surface area contributed by atoms with Crippen molar-refractivity contribution in [3.8, 4) is 0 Å². The summed E-state index contributed by atoms with van der Waals surface area (Å²) in [6.07, 6.45) is 0.627. The van der Waals surface area contributed by atoms with E-state index in [1.165, 1.54) is 0 Å². The third-order valence-electron chi connectivity index (χ3n) is 6.08. The summed E-state index contributed by atoms with van der Waals surface area (Å²) in [6, 6.07) is 21.2. The Labute approximate surface area is 218 Å². The van der Waals surface area contributed by atoms with Crippen LogP contribution in [-0.4, -0.2) is 37.2 Å². The van der Waals surface area contributed by atoms with E-state index in [9.17, 15) is 14.4 Å². The van der Waals surface area contributed by atoms with Gasteiger partial charge in [0.05, 0.1) is 22.6 Å². The number of ether oxygens (including phenoxy) is 3. The maximum atomic E-state index is 12.9. The Balaban J connectivity index is 1.75. The summed E-state index contributed by atoms with van der Waals surface area (Å²) < 4.78 is 17.1. The molecule has 6 nitrogen and oxygen atoms in total. The van der Waals surface area contributed by atoms with E-state index < -0.39 is 29.9 Å². The molecule has 0 aliphatic rings. The smallest absolute Gasteiger partial charge is 0.338 e. The van der Waals surface area contributed by atoms with Crippen molar-refractivity contribution >= 4 is 17.9 Å². The van der Waals surface area contributed by atoms with Gasteiger partial charge in [0.2, 0.25) is 0 Å². The minimum atomic E-state index is -0.615. The van der Waals surface area contributed by atoms with Crippen molar-refractivity contribution in [3.05, 3.63) is 106 Å². The lowest BCUT2D eigenvalue weighted by molar-refractivity contribution is -0.0262. The van der Waals surface area contributed by atoms with Gasteiger partial charge in [-0.2, -0.15) is 0 Å². The molecule has 37 heavy (non-hydrogen) atoms. The van der Waals surface area contributed by atoms with E-state index in [1.807, 2.05) is 64.1 Å². The third kappa shape index (κ3) is 8.31. The summed E-state index contributed by atoms with van der Waals surface area (Å²) in [5, 5.41) is 0. The van der Waals surface area contributed by atoms with Crippen molar-refractivity contribution in [2.75, 3.05) is 13.2 Å². The van der Waals surface area contributed by atoms with Gasteiger partial charge in [0.25, 0.3) is 0 Å². The first kappa shape index (κ1) is 27.7. The Morgan fingerprint density at radius 2 is 0.946 bits per heavy atom. The average molecular weight is 503 g/mol. The lowest BCUT2D eigenvalue weighted by Gasteiger charge is -2.26. The fourth-order valence-electron chi connectivity index (χ4n) is 3.74. The van der Waals surface area contributed by atoms with Gasteiger partial charge in [-0.1, -0.05) is 66.4 Å². The van der Waals surface area contributed by atoms with Gasteiger partial charge in [-0.05, 0) is 63.6 Å². The highest BCUT2D eigenvalue weighted by Gasteiger charge is 2.29. The molecule has 194 valence electrons. The normalized spacial score (nSPS) is 11.6. The highest BCUT2D eigenvalue weighted by atomic mass is 16.6. The third-order valence-corrected chi connectivity index (χ3v) is 6.08. The minimum absolute atomic E-state index is 0.0697. The van der Waals surface area contributed by atoms with E-state index in [0.717, 1.165) is 23.1 Å². The van der Waals surface area contributed by atoms with Crippen LogP contribution in [0, 0.1) is 26.7 Å². The number of esters is 3. The predicted molar refractivity (Wildman–Crippen MR) is 142 cm³/mol. The molecular weight excluding hydrogens is 468 g/mol. The Morgan fingerprint density at radius 3 is 1.30 bits per heavy atom. The van der Waals surface area contributed by atoms with E-state index in [-0.39, 0.29) is 13.2 Å². The molecule has 0 aromatic heterocycles. The van der Waals surface area contributed by atoms with Gasteiger partial charge in [-0.25, -0.2) is 14.4 Å². The topological polar surface area (TPSA) is 78.9 Å². The summed E-state index contributed by atoms with van der Waals surface area (Å²) in [6.45, 7) is 7.65. The van der Waals surface area contributed by atoms with Gasteiger partial charge in [0, 0.05) is 0 Å². The van der Waals surface area contributed by atoms with Gasteiger partial charge in [-0.15, -0.1) is 0 Å². The molecular formula is C31H34O6. The second-order valence-corrected chi connectivity index (χ2v) is 9.29. The number of carbonyl (C=O) groups excluding carboxylic acids is 3. The summed E-state index contributed by atoms with van der Waals surface area (Å²) in [7, 11) is 0. The molecule has 0 aliphatic heterocycles. The van der Waals surface area contributed by atoms with Crippen molar-refractivity contribution in [1.29, 1.82) is 0 Å². The Kier molecular flexibility index (Phi) is 10.0. The van der Waals surface area contributed by atoms with Crippen molar-refractivity contribution in [1.82, 2.24) is 0 Å². The predicted octanol–water partition coefficient (Wildman–Crippen LogP) is 6.27. The number of hydrogen-bond acceptors (Lipinski definition) is 6. The fourth-order valence-corrected chi connectivity index (χ4v) is 3.74. The van der Waals surface area contributed by atoms with Gasteiger partial charge < -0.3 is 14.2 Å². The molecule has 0 amide bonds. The maximum absolute atomic E-state index is 12.9. The monoisotopic (exact) mass is 502 g/mol. The summed E-state index contributed by atoms with van der Waals surface area (Å²) in [4.78, 5) is 38.2. The van der Waals surface area contributed by atoms with Crippen molar-refractivity contribution < 1.29 is 28.6 Å². The number of aryl methyl sites for hydroxylation is 3. The van der Waals surface area contributed by atoms with Crippen LogP contribution in [0.4, 0.5) is 0 Å². The molecule has 0 radical (unpaired) electrons. The van der Waals surface area contributed by atoms with Crippen molar-refractivity contribution in [3.63, 3.8) is 0 Å². The van der Waals surface area contributed by atoms with Crippen LogP contribution < -0.4 is 0 Å². The van der Waals surface area contributed by atoms with Crippen LogP contribution in [0.15, 0.2) is 72.8 Å². The maximum Gasteiger partial charge on any atom is 0.338 e. The first-order chi connectivity index (χ1) is 17.8. The number of benzene rings is 3. The van der Waals surface area contributed by atoms with Crippen LogP contribution >= 0.6 is 0 Å². The highest BCUT2D eigenvalue weighted by Crippen LogP contribution is 2.20. The van der Waals surface area contributed by atoms with E-state index in [2.05, 4.69) is 0 Å². The Bertz CT molecular complexity index is 1120. The molecule has 0 heterocycles. The van der Waals surface area contributed by atoms with Gasteiger partial charge in [0.1, 0.15) is 19.3 Å². The van der Waals surface area contributed by atoms with Crippen LogP contribution in [0.1, 0.15) is 67.5 Å². The van der Waals surface area contributed by atoms with Crippen LogP contribution in [-0.2, 0) is 14.2 Å². The molecule has 0 saturated heterocycles. The molecule has 3 rings (SSSR count). The largest absolute Gasteiger partial charge is 0.462 e. The van der Waals surface area contributed by atoms with E-state index in [1.54, 1.807) is 36.4 Å². The van der Waals surface area contributed by atoms with E-state index in [4.69, 9.17) is 14.2 Å². The quantitative estimate of drug-likeness (QED) is 0.227. The highest BCUT2D eigenvalue weighted by molar-refractivity contribution is 5.90. The molecule has 0 fully saturated rings. The summed E-state index contributed by atoms with van der Waals surface area (Å²) in [5.41, 5.74) is 4.37. The Morgan fingerprint density at radius 1 is 0.595 bits per heavy atom. The zero-order chi connectivity index (χ0) is 26.8. The molecule has 1 unspecified atom stereocenters. The molecule has 0 bridgehead atoms. The lowest BCUT2D eigenvalue weighted by atomic mass is 9.99. The minimum Gasteiger partial charge on any atom is -0.462 e. The molecule has 3 aromatic rings. The van der Waals surface area contributed by atoms with E-state index in [0.29, 0.717) is 23.1 Å². The zero-order valence-corrected chi connectivity index (χ0v) is 21.9. The van der Waals surface area contributed by atoms with Gasteiger partial charge in [0.15, 0.2) is 0 Å². The second-order valence-electron chi connectivity index (χ2n) is 9.29.